The minimum Gasteiger partial charge on any atom is -0.308 e. The molecule has 2 aromatic heterocycles. The first kappa shape index (κ1) is 14.8. The standard InChI is InChI=1S/C15H12BrCl2N3/c16-11-7-13-15(19-8-11)21(14(20-13)5-6-17)9-10-3-1-2-4-12(10)18/h1-4,7-8H,5-6,9H2. The fourth-order valence-corrected chi connectivity index (χ4v) is 2.96. The highest BCUT2D eigenvalue weighted by molar-refractivity contribution is 9.10. The molecule has 0 fully saturated rings. The summed E-state index contributed by atoms with van der Waals surface area (Å²) in [5.74, 6) is 1.44. The van der Waals surface area contributed by atoms with E-state index in [2.05, 4.69) is 30.5 Å². The van der Waals surface area contributed by atoms with Gasteiger partial charge in [0.25, 0.3) is 0 Å². The quantitative estimate of drug-likeness (QED) is 0.611. The molecule has 0 spiro atoms. The van der Waals surface area contributed by atoms with Crippen LogP contribution in [0.3, 0.4) is 0 Å². The molecule has 0 bridgehead atoms. The third kappa shape index (κ3) is 3.07. The third-order valence-corrected chi connectivity index (χ3v) is 4.23. The van der Waals surface area contributed by atoms with E-state index in [1.54, 1.807) is 6.20 Å². The number of pyridine rings is 1. The second kappa shape index (κ2) is 6.34. The van der Waals surface area contributed by atoms with Crippen LogP contribution in [0.2, 0.25) is 5.02 Å². The smallest absolute Gasteiger partial charge is 0.160 e. The summed E-state index contributed by atoms with van der Waals surface area (Å²) in [7, 11) is 0. The lowest BCUT2D eigenvalue weighted by Crippen LogP contribution is -2.07. The van der Waals surface area contributed by atoms with E-state index in [1.165, 1.54) is 0 Å². The SMILES string of the molecule is ClCCc1nc2cc(Br)cnc2n1Cc1ccccc1Cl. The third-order valence-electron chi connectivity index (χ3n) is 3.24. The number of rotatable bonds is 4. The maximum absolute atomic E-state index is 6.26. The highest BCUT2D eigenvalue weighted by atomic mass is 79.9. The number of halogens is 3. The lowest BCUT2D eigenvalue weighted by molar-refractivity contribution is 0.748. The van der Waals surface area contributed by atoms with E-state index < -0.39 is 0 Å². The molecule has 0 saturated carbocycles. The largest absolute Gasteiger partial charge is 0.308 e. The molecule has 3 nitrogen and oxygen atoms in total. The number of alkyl halides is 1. The second-order valence-electron chi connectivity index (χ2n) is 4.64. The fourth-order valence-electron chi connectivity index (χ4n) is 2.27. The summed E-state index contributed by atoms with van der Waals surface area (Å²) in [4.78, 5) is 9.11. The molecular weight excluding hydrogens is 373 g/mol. The zero-order chi connectivity index (χ0) is 14.8. The topological polar surface area (TPSA) is 30.7 Å². The van der Waals surface area contributed by atoms with Crippen LogP contribution in [0.25, 0.3) is 11.2 Å². The Bertz CT molecular complexity index is 786. The van der Waals surface area contributed by atoms with Crippen LogP contribution < -0.4 is 0 Å². The van der Waals surface area contributed by atoms with E-state index in [1.807, 2.05) is 30.3 Å². The van der Waals surface area contributed by atoms with Crippen LogP contribution in [0.4, 0.5) is 0 Å². The van der Waals surface area contributed by atoms with Gasteiger partial charge in [-0.2, -0.15) is 0 Å². The van der Waals surface area contributed by atoms with E-state index in [-0.39, 0.29) is 0 Å². The van der Waals surface area contributed by atoms with Crippen LogP contribution in [0, 0.1) is 0 Å². The van der Waals surface area contributed by atoms with Gasteiger partial charge in [0.15, 0.2) is 5.65 Å². The predicted molar refractivity (Wildman–Crippen MR) is 90.2 cm³/mol. The van der Waals surface area contributed by atoms with Gasteiger partial charge in [-0.3, -0.25) is 0 Å². The van der Waals surface area contributed by atoms with Gasteiger partial charge in [-0.25, -0.2) is 9.97 Å². The molecule has 0 atom stereocenters. The maximum atomic E-state index is 6.26. The summed E-state index contributed by atoms with van der Waals surface area (Å²) >= 11 is 15.6. The predicted octanol–water partition coefficient (Wildman–Crippen LogP) is 4.68. The molecule has 0 N–H and O–H groups in total. The van der Waals surface area contributed by atoms with E-state index in [9.17, 15) is 0 Å². The van der Waals surface area contributed by atoms with Gasteiger partial charge in [0.2, 0.25) is 0 Å². The number of benzene rings is 1. The maximum Gasteiger partial charge on any atom is 0.160 e. The van der Waals surface area contributed by atoms with Gasteiger partial charge in [0.1, 0.15) is 11.3 Å². The number of imidazole rings is 1. The van der Waals surface area contributed by atoms with Crippen molar-refractivity contribution in [2.45, 2.75) is 13.0 Å². The number of fused-ring (bicyclic) bond motifs is 1. The van der Waals surface area contributed by atoms with Gasteiger partial charge in [-0.15, -0.1) is 11.6 Å². The van der Waals surface area contributed by atoms with Crippen molar-refractivity contribution >= 4 is 50.3 Å². The molecule has 3 aromatic rings. The summed E-state index contributed by atoms with van der Waals surface area (Å²) in [6.07, 6.45) is 2.47. The van der Waals surface area contributed by atoms with Crippen LogP contribution >= 0.6 is 39.1 Å². The fraction of sp³-hybridized carbons (Fsp3) is 0.200. The average molecular weight is 385 g/mol. The van der Waals surface area contributed by atoms with Gasteiger partial charge in [-0.05, 0) is 33.6 Å². The first-order valence-electron chi connectivity index (χ1n) is 6.49. The van der Waals surface area contributed by atoms with Crippen molar-refractivity contribution in [2.24, 2.45) is 0 Å². The Kier molecular flexibility index (Phi) is 4.48. The van der Waals surface area contributed by atoms with Crippen molar-refractivity contribution in [2.75, 3.05) is 5.88 Å². The van der Waals surface area contributed by atoms with Crippen molar-refractivity contribution in [1.29, 1.82) is 0 Å². The molecule has 6 heteroatoms. The lowest BCUT2D eigenvalue weighted by Gasteiger charge is -2.09. The summed E-state index contributed by atoms with van der Waals surface area (Å²) in [6, 6.07) is 9.76. The zero-order valence-electron chi connectivity index (χ0n) is 11.1. The average Bonchev–Trinajstić information content (AvgIpc) is 2.79. The van der Waals surface area contributed by atoms with Crippen LogP contribution in [0.15, 0.2) is 41.0 Å². The van der Waals surface area contributed by atoms with E-state index in [4.69, 9.17) is 23.2 Å². The summed E-state index contributed by atoms with van der Waals surface area (Å²) < 4.78 is 2.99. The molecular formula is C15H12BrCl2N3. The summed E-state index contributed by atoms with van der Waals surface area (Å²) in [6.45, 7) is 0.636. The Labute approximate surface area is 141 Å². The van der Waals surface area contributed by atoms with Crippen LogP contribution in [-0.2, 0) is 13.0 Å². The lowest BCUT2D eigenvalue weighted by atomic mass is 10.2. The highest BCUT2D eigenvalue weighted by Gasteiger charge is 2.13. The van der Waals surface area contributed by atoms with Gasteiger partial charge in [-0.1, -0.05) is 29.8 Å². The Morgan fingerprint density at radius 2 is 2.05 bits per heavy atom. The van der Waals surface area contributed by atoms with Gasteiger partial charge < -0.3 is 4.57 Å². The minimum absolute atomic E-state index is 0.521. The summed E-state index contributed by atoms with van der Waals surface area (Å²) in [5.41, 5.74) is 2.74. The first-order chi connectivity index (χ1) is 10.2. The normalized spacial score (nSPS) is 11.2. The van der Waals surface area contributed by atoms with Crippen molar-refractivity contribution in [1.82, 2.24) is 14.5 Å². The number of hydrogen-bond acceptors (Lipinski definition) is 2. The molecule has 0 radical (unpaired) electrons. The summed E-state index contributed by atoms with van der Waals surface area (Å²) in [5, 5.41) is 0.744. The number of aromatic nitrogens is 3. The molecule has 0 saturated heterocycles. The molecule has 3 rings (SSSR count). The van der Waals surface area contributed by atoms with Gasteiger partial charge in [0.05, 0.1) is 6.54 Å². The molecule has 108 valence electrons. The van der Waals surface area contributed by atoms with Gasteiger partial charge >= 0.3 is 0 Å². The Balaban J connectivity index is 2.11. The second-order valence-corrected chi connectivity index (χ2v) is 6.34. The van der Waals surface area contributed by atoms with E-state index >= 15 is 0 Å². The Hall–Kier alpha value is -1.10. The number of aryl methyl sites for hydroxylation is 1. The first-order valence-corrected chi connectivity index (χ1v) is 8.19. The molecule has 0 aliphatic heterocycles. The molecule has 0 aliphatic rings. The van der Waals surface area contributed by atoms with E-state index in [0.29, 0.717) is 18.8 Å². The minimum atomic E-state index is 0.521. The van der Waals surface area contributed by atoms with Crippen LogP contribution in [0.5, 0.6) is 0 Å². The van der Waals surface area contributed by atoms with E-state index in [0.717, 1.165) is 32.0 Å². The molecule has 21 heavy (non-hydrogen) atoms. The van der Waals surface area contributed by atoms with Crippen molar-refractivity contribution in [3.63, 3.8) is 0 Å². The van der Waals surface area contributed by atoms with Crippen molar-refractivity contribution < 1.29 is 0 Å². The molecule has 0 aliphatic carbocycles. The van der Waals surface area contributed by atoms with Crippen molar-refractivity contribution in [3.8, 4) is 0 Å². The number of hydrogen-bond donors (Lipinski definition) is 0. The van der Waals surface area contributed by atoms with Crippen LogP contribution in [-0.4, -0.2) is 20.4 Å². The monoisotopic (exact) mass is 383 g/mol. The molecule has 0 unspecified atom stereocenters. The zero-order valence-corrected chi connectivity index (χ0v) is 14.2. The van der Waals surface area contributed by atoms with Gasteiger partial charge in [0, 0.05) is 28.0 Å². The molecule has 0 amide bonds. The number of nitrogens with zero attached hydrogens (tertiary/aromatic N) is 3. The Morgan fingerprint density at radius 1 is 1.24 bits per heavy atom. The molecule has 1 aromatic carbocycles. The highest BCUT2D eigenvalue weighted by Crippen LogP contribution is 2.23. The molecule has 2 heterocycles. The van der Waals surface area contributed by atoms with Crippen molar-refractivity contribution in [3.05, 3.63) is 57.4 Å². The Morgan fingerprint density at radius 3 is 2.81 bits per heavy atom. The van der Waals surface area contributed by atoms with Crippen LogP contribution in [0.1, 0.15) is 11.4 Å².